The van der Waals surface area contributed by atoms with Crippen LogP contribution in [0, 0.1) is 18.7 Å². The number of para-hydroxylation sites is 1. The number of anilines is 1. The van der Waals surface area contributed by atoms with E-state index in [2.05, 4.69) is 33.4 Å². The minimum absolute atomic E-state index is 0.0842. The maximum atomic E-state index is 15.0. The van der Waals surface area contributed by atoms with E-state index in [-0.39, 0.29) is 11.7 Å². The minimum Gasteiger partial charge on any atom is -0.456 e. The van der Waals surface area contributed by atoms with Crippen molar-refractivity contribution in [2.24, 2.45) is 10.9 Å². The summed E-state index contributed by atoms with van der Waals surface area (Å²) in [5, 5.41) is 0.847. The molecule has 0 aliphatic carbocycles. The van der Waals surface area contributed by atoms with Crippen molar-refractivity contribution in [2.45, 2.75) is 26.7 Å². The van der Waals surface area contributed by atoms with E-state index < -0.39 is 5.82 Å². The quantitative estimate of drug-likeness (QED) is 0.247. The van der Waals surface area contributed by atoms with E-state index >= 15 is 0 Å². The number of pyridine rings is 1. The van der Waals surface area contributed by atoms with E-state index in [0.29, 0.717) is 34.0 Å². The molecule has 0 saturated carbocycles. The normalized spacial score (nSPS) is 14.9. The lowest BCUT2D eigenvalue weighted by molar-refractivity contribution is -0.125. The number of carbonyl (C=O) groups is 1. The van der Waals surface area contributed by atoms with Gasteiger partial charge in [0.1, 0.15) is 29.5 Å². The fraction of sp³-hybridized carbons (Fsp3) is 0.258. The highest BCUT2D eigenvalue weighted by atomic mass is 19.1. The zero-order valence-electron chi connectivity index (χ0n) is 23.0. The van der Waals surface area contributed by atoms with Crippen molar-refractivity contribution in [1.29, 1.82) is 0 Å². The number of aromatic nitrogens is 3. The third-order valence-electron chi connectivity index (χ3n) is 6.91. The van der Waals surface area contributed by atoms with Crippen molar-refractivity contribution < 1.29 is 13.9 Å². The molecule has 1 atom stereocenters. The summed E-state index contributed by atoms with van der Waals surface area (Å²) >= 11 is 0. The van der Waals surface area contributed by atoms with Crippen LogP contribution in [0.25, 0.3) is 10.9 Å². The van der Waals surface area contributed by atoms with Gasteiger partial charge < -0.3 is 15.4 Å². The first-order chi connectivity index (χ1) is 19.4. The Hall–Kier alpha value is -4.66. The molecular weight excluding hydrogens is 507 g/mol. The number of aliphatic imine (C=N–C) groups is 1. The molecular formula is C31H33FN6O2. The lowest BCUT2D eigenvalue weighted by atomic mass is 10.0. The van der Waals surface area contributed by atoms with Gasteiger partial charge in [0.25, 0.3) is 0 Å². The van der Waals surface area contributed by atoms with Gasteiger partial charge in [-0.25, -0.2) is 14.4 Å². The van der Waals surface area contributed by atoms with Crippen LogP contribution in [0.2, 0.25) is 0 Å². The molecule has 0 bridgehead atoms. The van der Waals surface area contributed by atoms with Crippen LogP contribution in [0.4, 0.5) is 10.2 Å². The number of carbonyl (C=O) groups excluding carboxylic acids is 1. The third kappa shape index (κ3) is 6.31. The number of nitrogen functional groups attached to an aromatic ring is 1. The van der Waals surface area contributed by atoms with Crippen LogP contribution in [0.15, 0.2) is 78.7 Å². The first kappa shape index (κ1) is 28.4. The van der Waals surface area contributed by atoms with Crippen LogP contribution in [0.1, 0.15) is 36.6 Å². The molecule has 1 unspecified atom stereocenters. The van der Waals surface area contributed by atoms with E-state index in [1.807, 2.05) is 29.2 Å². The molecule has 0 radical (unpaired) electrons. The number of hydrogen-bond donors (Lipinski definition) is 1. The van der Waals surface area contributed by atoms with Crippen molar-refractivity contribution in [3.05, 3.63) is 96.3 Å². The molecule has 9 heteroatoms. The van der Waals surface area contributed by atoms with Gasteiger partial charge >= 0.3 is 0 Å². The van der Waals surface area contributed by atoms with E-state index in [0.717, 1.165) is 36.3 Å². The highest BCUT2D eigenvalue weighted by Gasteiger charge is 2.23. The SMILES string of the molecule is C=CC(=O)N1CCC(CC)C1.CN=C(c1ccc(Oc2ccnc3ccccc23)cc1F)c1c(C)ncnc1N. The Labute approximate surface area is 233 Å². The second-order valence-electron chi connectivity index (χ2n) is 9.41. The van der Waals surface area contributed by atoms with Gasteiger partial charge in [-0.1, -0.05) is 32.1 Å². The summed E-state index contributed by atoms with van der Waals surface area (Å²) in [7, 11) is 1.58. The number of aryl methyl sites for hydroxylation is 1. The van der Waals surface area contributed by atoms with Crippen molar-refractivity contribution in [3.8, 4) is 11.5 Å². The molecule has 1 aliphatic heterocycles. The van der Waals surface area contributed by atoms with Crippen molar-refractivity contribution in [3.63, 3.8) is 0 Å². The maximum absolute atomic E-state index is 15.0. The second kappa shape index (κ2) is 12.9. The summed E-state index contributed by atoms with van der Waals surface area (Å²) < 4.78 is 20.9. The number of amides is 1. The lowest BCUT2D eigenvalue weighted by Gasteiger charge is -2.13. The average Bonchev–Trinajstić information content (AvgIpc) is 3.45. The molecule has 206 valence electrons. The number of ether oxygens (including phenoxy) is 1. The average molecular weight is 541 g/mol. The summed E-state index contributed by atoms with van der Waals surface area (Å²) in [6.07, 6.45) is 6.77. The number of hydrogen-bond acceptors (Lipinski definition) is 7. The van der Waals surface area contributed by atoms with Crippen molar-refractivity contribution in [2.75, 3.05) is 25.9 Å². The molecule has 1 fully saturated rings. The number of rotatable bonds is 6. The summed E-state index contributed by atoms with van der Waals surface area (Å²) in [6.45, 7) is 9.27. The molecule has 2 aromatic carbocycles. The van der Waals surface area contributed by atoms with Crippen LogP contribution >= 0.6 is 0 Å². The van der Waals surface area contributed by atoms with Crippen LogP contribution < -0.4 is 10.5 Å². The van der Waals surface area contributed by atoms with Crippen LogP contribution in [-0.4, -0.2) is 51.6 Å². The van der Waals surface area contributed by atoms with Crippen LogP contribution in [0.5, 0.6) is 11.5 Å². The highest BCUT2D eigenvalue weighted by Crippen LogP contribution is 2.30. The molecule has 0 spiro atoms. The fourth-order valence-corrected chi connectivity index (χ4v) is 4.68. The monoisotopic (exact) mass is 540 g/mol. The number of likely N-dealkylation sites (tertiary alicyclic amines) is 1. The topological polar surface area (TPSA) is 107 Å². The molecule has 2 aromatic heterocycles. The first-order valence-electron chi connectivity index (χ1n) is 13.1. The molecule has 8 nitrogen and oxygen atoms in total. The zero-order valence-corrected chi connectivity index (χ0v) is 23.0. The van der Waals surface area contributed by atoms with E-state index in [4.69, 9.17) is 10.5 Å². The van der Waals surface area contributed by atoms with Gasteiger partial charge in [-0.15, -0.1) is 0 Å². The van der Waals surface area contributed by atoms with Gasteiger partial charge in [-0.2, -0.15) is 0 Å². The highest BCUT2D eigenvalue weighted by molar-refractivity contribution is 6.16. The van der Waals surface area contributed by atoms with Gasteiger partial charge in [-0.3, -0.25) is 14.8 Å². The molecule has 1 saturated heterocycles. The second-order valence-corrected chi connectivity index (χ2v) is 9.41. The summed E-state index contributed by atoms with van der Waals surface area (Å²) in [5.74, 6) is 1.54. The molecule has 1 aliphatic rings. The zero-order chi connectivity index (χ0) is 28.6. The Morgan fingerprint density at radius 3 is 2.70 bits per heavy atom. The number of nitrogens with two attached hydrogens (primary N) is 1. The Bertz CT molecular complexity index is 1530. The van der Waals surface area contributed by atoms with Gasteiger partial charge in [-0.05, 0) is 55.7 Å². The number of nitrogens with zero attached hydrogens (tertiary/aromatic N) is 5. The Morgan fingerprint density at radius 2 is 2.02 bits per heavy atom. The molecule has 2 N–H and O–H groups in total. The van der Waals surface area contributed by atoms with Crippen LogP contribution in [0.3, 0.4) is 0 Å². The molecule has 5 rings (SSSR count). The van der Waals surface area contributed by atoms with Gasteiger partial charge in [0.2, 0.25) is 5.91 Å². The fourth-order valence-electron chi connectivity index (χ4n) is 4.68. The predicted molar refractivity (Wildman–Crippen MR) is 156 cm³/mol. The standard InChI is InChI=1S/C22H18FN5O.C9H15NO/c1-13-20(22(24)28-12-27-13)21(25-2)15-8-7-14(11-17(15)23)29-19-9-10-26-18-6-4-3-5-16(18)19;1-3-8-5-6-10(7-8)9(11)4-2/h3-12H,1-2H3,(H2,24,27,28);4,8H,2-3,5-7H2,1H3. The van der Waals surface area contributed by atoms with E-state index in [9.17, 15) is 9.18 Å². The van der Waals surface area contributed by atoms with Gasteiger partial charge in [0.05, 0.1) is 22.5 Å². The lowest BCUT2D eigenvalue weighted by Crippen LogP contribution is -2.26. The summed E-state index contributed by atoms with van der Waals surface area (Å²) in [4.78, 5) is 29.6. The first-order valence-corrected chi connectivity index (χ1v) is 13.1. The van der Waals surface area contributed by atoms with Crippen molar-refractivity contribution in [1.82, 2.24) is 19.9 Å². The smallest absolute Gasteiger partial charge is 0.245 e. The number of fused-ring (bicyclic) bond motifs is 1. The third-order valence-corrected chi connectivity index (χ3v) is 6.91. The molecule has 40 heavy (non-hydrogen) atoms. The largest absolute Gasteiger partial charge is 0.456 e. The Balaban J connectivity index is 0.000000283. The number of benzene rings is 2. The summed E-state index contributed by atoms with van der Waals surface area (Å²) in [6, 6.07) is 14.0. The van der Waals surface area contributed by atoms with Gasteiger partial charge in [0, 0.05) is 43.4 Å². The minimum atomic E-state index is -0.482. The molecule has 3 heterocycles. The predicted octanol–water partition coefficient (Wildman–Crippen LogP) is 5.74. The van der Waals surface area contributed by atoms with Gasteiger partial charge in [0.15, 0.2) is 0 Å². The van der Waals surface area contributed by atoms with E-state index in [1.165, 1.54) is 24.9 Å². The molecule has 4 aromatic rings. The Morgan fingerprint density at radius 1 is 1.23 bits per heavy atom. The van der Waals surface area contributed by atoms with Crippen LogP contribution in [-0.2, 0) is 4.79 Å². The Kier molecular flexibility index (Phi) is 9.16. The van der Waals surface area contributed by atoms with E-state index in [1.54, 1.807) is 38.4 Å². The van der Waals surface area contributed by atoms with Crippen molar-refractivity contribution >= 4 is 28.3 Å². The maximum Gasteiger partial charge on any atom is 0.245 e. The summed E-state index contributed by atoms with van der Waals surface area (Å²) in [5.41, 5.74) is 8.61. The molecule has 1 amide bonds. The number of halogens is 1.